The average Bonchev–Trinajstić information content (AvgIpc) is 2.72. The molecule has 0 saturated heterocycles. The van der Waals surface area contributed by atoms with Gasteiger partial charge in [-0.3, -0.25) is 0 Å². The average molecular weight is 498 g/mol. The summed E-state index contributed by atoms with van der Waals surface area (Å²) in [5.74, 6) is 1.44. The van der Waals surface area contributed by atoms with E-state index in [1.54, 1.807) is 42.5 Å². The Kier molecular flexibility index (Phi) is 10.8. The zero-order valence-electron chi connectivity index (χ0n) is 17.1. The summed E-state index contributed by atoms with van der Waals surface area (Å²) >= 11 is 9.53. The van der Waals surface area contributed by atoms with Gasteiger partial charge in [-0.05, 0) is 61.9 Å². The minimum atomic E-state index is -0.417. The van der Waals surface area contributed by atoms with Crippen molar-refractivity contribution in [3.05, 3.63) is 64.1 Å². The highest BCUT2D eigenvalue weighted by Gasteiger charge is 2.06. The Hall–Kier alpha value is -2.02. The van der Waals surface area contributed by atoms with Crippen LogP contribution in [0, 0.1) is 0 Å². The molecule has 0 fully saturated rings. The van der Waals surface area contributed by atoms with E-state index in [0.717, 1.165) is 17.3 Å². The summed E-state index contributed by atoms with van der Waals surface area (Å²) in [6, 6.07) is 12.6. The maximum absolute atomic E-state index is 11.7. The summed E-state index contributed by atoms with van der Waals surface area (Å²) in [5.41, 5.74) is 0. The van der Waals surface area contributed by atoms with Crippen molar-refractivity contribution in [2.45, 2.75) is 32.8 Å². The molecule has 0 heterocycles. The standard InChI is InChI=1S/C23H26BrClO5/c1-3-4-13-27-14-15-28-23(26)12-5-17(2)29-19-7-9-20(10-8-19)30-22-11-6-18(24)16-21(22)25/h5-12,16-17H,3-4,13-15H2,1-2H3. The number of carbonyl (C=O) groups excluding carboxylic acids is 1. The first-order valence-electron chi connectivity index (χ1n) is 9.80. The molecule has 0 saturated carbocycles. The number of unbranched alkanes of at least 4 members (excludes halogenated alkanes) is 1. The van der Waals surface area contributed by atoms with Gasteiger partial charge in [0.05, 0.1) is 11.6 Å². The van der Waals surface area contributed by atoms with E-state index < -0.39 is 5.97 Å². The molecule has 0 spiro atoms. The van der Waals surface area contributed by atoms with Crippen LogP contribution in [-0.4, -0.2) is 31.9 Å². The highest BCUT2D eigenvalue weighted by Crippen LogP contribution is 2.32. The number of halogens is 2. The molecule has 5 nitrogen and oxygen atoms in total. The van der Waals surface area contributed by atoms with Crippen LogP contribution in [0.1, 0.15) is 26.7 Å². The predicted octanol–water partition coefficient (Wildman–Crippen LogP) is 6.58. The number of ether oxygens (including phenoxy) is 4. The molecule has 0 bridgehead atoms. The Morgan fingerprint density at radius 2 is 1.83 bits per heavy atom. The molecule has 2 aromatic rings. The molecule has 2 rings (SSSR count). The van der Waals surface area contributed by atoms with Gasteiger partial charge in [-0.1, -0.05) is 40.9 Å². The van der Waals surface area contributed by atoms with Crippen molar-refractivity contribution in [3.63, 3.8) is 0 Å². The Morgan fingerprint density at radius 3 is 2.53 bits per heavy atom. The molecule has 0 N–H and O–H groups in total. The van der Waals surface area contributed by atoms with Gasteiger partial charge in [-0.25, -0.2) is 4.79 Å². The summed E-state index contributed by atoms with van der Waals surface area (Å²) in [7, 11) is 0. The van der Waals surface area contributed by atoms with Crippen LogP contribution in [0.3, 0.4) is 0 Å². The normalized spacial score (nSPS) is 12.0. The molecule has 7 heteroatoms. The maximum atomic E-state index is 11.7. The topological polar surface area (TPSA) is 54.0 Å². The number of benzene rings is 2. The third-order valence-corrected chi connectivity index (χ3v) is 4.67. The molecule has 0 radical (unpaired) electrons. The number of carbonyl (C=O) groups is 1. The number of esters is 1. The van der Waals surface area contributed by atoms with Crippen LogP contribution in [0.5, 0.6) is 17.2 Å². The van der Waals surface area contributed by atoms with E-state index in [2.05, 4.69) is 22.9 Å². The molecular weight excluding hydrogens is 472 g/mol. The van der Waals surface area contributed by atoms with Gasteiger partial charge >= 0.3 is 5.97 Å². The first kappa shape index (κ1) is 24.3. The zero-order chi connectivity index (χ0) is 21.8. The van der Waals surface area contributed by atoms with E-state index in [4.69, 9.17) is 30.5 Å². The molecule has 0 amide bonds. The first-order valence-corrected chi connectivity index (χ1v) is 11.0. The van der Waals surface area contributed by atoms with E-state index >= 15 is 0 Å². The van der Waals surface area contributed by atoms with Crippen molar-refractivity contribution in [2.75, 3.05) is 19.8 Å². The lowest BCUT2D eigenvalue weighted by atomic mass is 10.3. The number of hydrogen-bond acceptors (Lipinski definition) is 5. The maximum Gasteiger partial charge on any atom is 0.330 e. The van der Waals surface area contributed by atoms with Crippen molar-refractivity contribution in [2.24, 2.45) is 0 Å². The monoisotopic (exact) mass is 496 g/mol. The summed E-state index contributed by atoms with van der Waals surface area (Å²) in [4.78, 5) is 11.7. The fourth-order valence-corrected chi connectivity index (χ4v) is 3.05. The van der Waals surface area contributed by atoms with Crippen molar-refractivity contribution in [3.8, 4) is 17.2 Å². The van der Waals surface area contributed by atoms with Gasteiger partial charge in [0.2, 0.25) is 0 Å². The summed E-state index contributed by atoms with van der Waals surface area (Å²) < 4.78 is 22.9. The summed E-state index contributed by atoms with van der Waals surface area (Å²) in [6.07, 6.45) is 4.80. The van der Waals surface area contributed by atoms with Crippen LogP contribution in [-0.2, 0) is 14.3 Å². The molecule has 1 atom stereocenters. The van der Waals surface area contributed by atoms with Gasteiger partial charge in [0.25, 0.3) is 0 Å². The smallest absolute Gasteiger partial charge is 0.330 e. The quantitative estimate of drug-likeness (QED) is 0.188. The molecule has 0 aliphatic rings. The van der Waals surface area contributed by atoms with Gasteiger partial charge in [0.15, 0.2) is 0 Å². The molecule has 0 aliphatic heterocycles. The molecule has 1 unspecified atom stereocenters. The van der Waals surface area contributed by atoms with E-state index in [0.29, 0.717) is 35.5 Å². The predicted molar refractivity (Wildman–Crippen MR) is 122 cm³/mol. The lowest BCUT2D eigenvalue weighted by molar-refractivity contribution is -0.139. The fourth-order valence-electron chi connectivity index (χ4n) is 2.34. The SMILES string of the molecule is CCCCOCCOC(=O)C=CC(C)Oc1ccc(Oc2ccc(Br)cc2Cl)cc1. The van der Waals surface area contributed by atoms with Crippen molar-refractivity contribution >= 4 is 33.5 Å². The minimum absolute atomic E-state index is 0.242. The molecule has 2 aromatic carbocycles. The van der Waals surface area contributed by atoms with Crippen LogP contribution >= 0.6 is 27.5 Å². The van der Waals surface area contributed by atoms with Crippen molar-refractivity contribution in [1.29, 1.82) is 0 Å². The van der Waals surface area contributed by atoms with Crippen LogP contribution in [0.15, 0.2) is 59.1 Å². The third kappa shape index (κ3) is 9.20. The molecule has 0 aromatic heterocycles. The third-order valence-electron chi connectivity index (χ3n) is 3.88. The van der Waals surface area contributed by atoms with Crippen LogP contribution in [0.4, 0.5) is 0 Å². The van der Waals surface area contributed by atoms with Gasteiger partial charge in [-0.2, -0.15) is 0 Å². The van der Waals surface area contributed by atoms with Crippen molar-refractivity contribution < 1.29 is 23.7 Å². The van der Waals surface area contributed by atoms with Gasteiger partial charge in [0, 0.05) is 17.2 Å². The summed E-state index contributed by atoms with van der Waals surface area (Å²) in [6.45, 7) is 5.27. The Labute approximate surface area is 191 Å². The second-order valence-electron chi connectivity index (χ2n) is 6.46. The second-order valence-corrected chi connectivity index (χ2v) is 7.79. The van der Waals surface area contributed by atoms with E-state index in [-0.39, 0.29) is 12.7 Å². The molecular formula is C23H26BrClO5. The number of rotatable bonds is 12. The highest BCUT2D eigenvalue weighted by atomic mass is 79.9. The number of hydrogen-bond donors (Lipinski definition) is 0. The van der Waals surface area contributed by atoms with Gasteiger partial charge < -0.3 is 18.9 Å². The molecule has 30 heavy (non-hydrogen) atoms. The lowest BCUT2D eigenvalue weighted by Gasteiger charge is -2.12. The first-order chi connectivity index (χ1) is 14.5. The fraction of sp³-hybridized carbons (Fsp3) is 0.348. The molecule has 0 aliphatic carbocycles. The van der Waals surface area contributed by atoms with Crippen LogP contribution in [0.25, 0.3) is 0 Å². The summed E-state index contributed by atoms with van der Waals surface area (Å²) in [5, 5.41) is 0.517. The van der Waals surface area contributed by atoms with Crippen LogP contribution < -0.4 is 9.47 Å². The largest absolute Gasteiger partial charge is 0.487 e. The van der Waals surface area contributed by atoms with Crippen molar-refractivity contribution in [1.82, 2.24) is 0 Å². The zero-order valence-corrected chi connectivity index (χ0v) is 19.4. The lowest BCUT2D eigenvalue weighted by Crippen LogP contribution is -2.12. The highest BCUT2D eigenvalue weighted by molar-refractivity contribution is 9.10. The Balaban J connectivity index is 1.75. The Morgan fingerprint density at radius 1 is 1.10 bits per heavy atom. The van der Waals surface area contributed by atoms with E-state index in [1.165, 1.54) is 6.08 Å². The van der Waals surface area contributed by atoms with Crippen LogP contribution in [0.2, 0.25) is 5.02 Å². The van der Waals surface area contributed by atoms with E-state index in [9.17, 15) is 4.79 Å². The Bertz CT molecular complexity index is 823. The van der Waals surface area contributed by atoms with Gasteiger partial charge in [0.1, 0.15) is 30.0 Å². The van der Waals surface area contributed by atoms with Gasteiger partial charge in [-0.15, -0.1) is 0 Å². The van der Waals surface area contributed by atoms with E-state index in [1.807, 2.05) is 13.0 Å². The second kappa shape index (κ2) is 13.3. The molecule has 162 valence electrons. The minimum Gasteiger partial charge on any atom is -0.487 e.